The number of hydrogen-bond acceptors (Lipinski definition) is 7. The highest BCUT2D eigenvalue weighted by Gasteiger charge is 2.22. The lowest BCUT2D eigenvalue weighted by Crippen LogP contribution is -2.39. The Kier molecular flexibility index (Phi) is 2.99. The zero-order chi connectivity index (χ0) is 14.9. The van der Waals surface area contributed by atoms with Crippen LogP contribution in [-0.4, -0.2) is 51.6 Å². The Morgan fingerprint density at radius 2 is 2.09 bits per heavy atom. The fourth-order valence-electron chi connectivity index (χ4n) is 2.40. The lowest BCUT2D eigenvalue weighted by Gasteiger charge is -2.29. The number of nitrogens with zero attached hydrogens (tertiary/aromatic N) is 6. The third-order valence-corrected chi connectivity index (χ3v) is 3.49. The quantitative estimate of drug-likeness (QED) is 0.707. The molecule has 4 rings (SSSR count). The molecule has 22 heavy (non-hydrogen) atoms. The zero-order valence-corrected chi connectivity index (χ0v) is 12.0. The van der Waals surface area contributed by atoms with Gasteiger partial charge in [0.25, 0.3) is 0 Å². The molecule has 0 amide bonds. The molecule has 0 bridgehead atoms. The SMILES string of the molecule is CN(CC1COc2ccccc2O1)c1ccc2nnnn2n1. The molecular weight excluding hydrogens is 284 g/mol. The highest BCUT2D eigenvalue weighted by Crippen LogP contribution is 2.31. The van der Waals surface area contributed by atoms with Crippen LogP contribution >= 0.6 is 0 Å². The van der Waals surface area contributed by atoms with E-state index in [4.69, 9.17) is 9.47 Å². The number of ether oxygens (including phenoxy) is 2. The second-order valence-corrected chi connectivity index (χ2v) is 5.10. The van der Waals surface area contributed by atoms with E-state index < -0.39 is 0 Å². The van der Waals surface area contributed by atoms with Gasteiger partial charge in [0, 0.05) is 7.05 Å². The number of anilines is 1. The summed E-state index contributed by atoms with van der Waals surface area (Å²) in [5.74, 6) is 2.33. The van der Waals surface area contributed by atoms with Crippen molar-refractivity contribution in [1.82, 2.24) is 25.3 Å². The molecule has 2 aromatic heterocycles. The monoisotopic (exact) mass is 298 g/mol. The molecule has 0 aliphatic carbocycles. The van der Waals surface area contributed by atoms with Crippen molar-refractivity contribution in [3.8, 4) is 11.5 Å². The molecule has 0 radical (unpaired) electrons. The van der Waals surface area contributed by atoms with Crippen molar-refractivity contribution in [2.75, 3.05) is 25.1 Å². The average molecular weight is 298 g/mol. The number of fused-ring (bicyclic) bond motifs is 2. The minimum Gasteiger partial charge on any atom is -0.486 e. The van der Waals surface area contributed by atoms with Crippen LogP contribution < -0.4 is 14.4 Å². The predicted molar refractivity (Wildman–Crippen MR) is 78.2 cm³/mol. The van der Waals surface area contributed by atoms with Crippen molar-refractivity contribution in [2.45, 2.75) is 6.10 Å². The Balaban J connectivity index is 1.49. The van der Waals surface area contributed by atoms with Crippen molar-refractivity contribution in [1.29, 1.82) is 0 Å². The van der Waals surface area contributed by atoms with E-state index in [1.807, 2.05) is 48.3 Å². The van der Waals surface area contributed by atoms with Crippen LogP contribution in [0.3, 0.4) is 0 Å². The van der Waals surface area contributed by atoms with Gasteiger partial charge in [0.05, 0.1) is 6.54 Å². The summed E-state index contributed by atoms with van der Waals surface area (Å²) in [7, 11) is 1.95. The Hall–Kier alpha value is -2.90. The maximum Gasteiger partial charge on any atom is 0.200 e. The Bertz CT molecular complexity index is 805. The third-order valence-electron chi connectivity index (χ3n) is 3.49. The number of rotatable bonds is 3. The van der Waals surface area contributed by atoms with E-state index in [-0.39, 0.29) is 6.10 Å². The van der Waals surface area contributed by atoms with Crippen LogP contribution in [0.2, 0.25) is 0 Å². The van der Waals surface area contributed by atoms with Gasteiger partial charge < -0.3 is 14.4 Å². The van der Waals surface area contributed by atoms with Gasteiger partial charge in [0.1, 0.15) is 6.61 Å². The summed E-state index contributed by atoms with van der Waals surface area (Å²) in [5.41, 5.74) is 0.614. The first-order valence-corrected chi connectivity index (χ1v) is 6.95. The second kappa shape index (κ2) is 5.14. The van der Waals surface area contributed by atoms with E-state index in [0.717, 1.165) is 17.3 Å². The normalized spacial score (nSPS) is 16.7. The number of hydrogen-bond donors (Lipinski definition) is 0. The first-order valence-electron chi connectivity index (χ1n) is 6.95. The molecule has 1 aliphatic rings. The fourth-order valence-corrected chi connectivity index (χ4v) is 2.40. The Morgan fingerprint density at radius 3 is 3.00 bits per heavy atom. The number of tetrazole rings is 1. The van der Waals surface area contributed by atoms with Gasteiger partial charge in [0.15, 0.2) is 29.1 Å². The van der Waals surface area contributed by atoms with Gasteiger partial charge in [-0.15, -0.1) is 14.8 Å². The molecule has 0 saturated heterocycles. The molecule has 1 aromatic carbocycles. The van der Waals surface area contributed by atoms with E-state index in [1.54, 1.807) is 0 Å². The molecule has 8 heteroatoms. The van der Waals surface area contributed by atoms with E-state index in [9.17, 15) is 0 Å². The molecule has 1 atom stereocenters. The summed E-state index contributed by atoms with van der Waals surface area (Å²) in [6, 6.07) is 11.4. The lowest BCUT2D eigenvalue weighted by molar-refractivity contribution is 0.0959. The van der Waals surface area contributed by atoms with Crippen molar-refractivity contribution in [3.05, 3.63) is 36.4 Å². The maximum atomic E-state index is 5.95. The number of aromatic nitrogens is 5. The minimum atomic E-state index is -0.0636. The molecule has 8 nitrogen and oxygen atoms in total. The number of para-hydroxylation sites is 2. The van der Waals surface area contributed by atoms with Gasteiger partial charge >= 0.3 is 0 Å². The van der Waals surface area contributed by atoms with Gasteiger partial charge in [-0.2, -0.15) is 0 Å². The van der Waals surface area contributed by atoms with Crippen molar-refractivity contribution >= 4 is 11.5 Å². The van der Waals surface area contributed by atoms with Gasteiger partial charge in [-0.3, -0.25) is 0 Å². The smallest absolute Gasteiger partial charge is 0.200 e. The first-order chi connectivity index (χ1) is 10.8. The molecule has 0 fully saturated rings. The van der Waals surface area contributed by atoms with Gasteiger partial charge in [-0.1, -0.05) is 12.1 Å². The molecule has 0 N–H and O–H groups in total. The second-order valence-electron chi connectivity index (χ2n) is 5.10. The molecular formula is C14H14N6O2. The third kappa shape index (κ3) is 2.28. The van der Waals surface area contributed by atoms with Crippen LogP contribution in [0.5, 0.6) is 11.5 Å². The number of benzene rings is 1. The summed E-state index contributed by atoms with van der Waals surface area (Å²) in [6.07, 6.45) is -0.0636. The molecule has 3 aromatic rings. The molecule has 1 aliphatic heterocycles. The van der Waals surface area contributed by atoms with Crippen molar-refractivity contribution in [3.63, 3.8) is 0 Å². The van der Waals surface area contributed by atoms with E-state index in [1.165, 1.54) is 4.63 Å². The number of likely N-dealkylation sites (N-methyl/N-ethyl adjacent to an activating group) is 1. The van der Waals surface area contributed by atoms with Crippen LogP contribution in [0.1, 0.15) is 0 Å². The fraction of sp³-hybridized carbons (Fsp3) is 0.286. The van der Waals surface area contributed by atoms with Crippen LogP contribution in [0.4, 0.5) is 5.82 Å². The minimum absolute atomic E-state index is 0.0636. The maximum absolute atomic E-state index is 5.95. The van der Waals surface area contributed by atoms with Crippen molar-refractivity contribution < 1.29 is 9.47 Å². The predicted octanol–water partition coefficient (Wildman–Crippen LogP) is 0.795. The standard InChI is InChI=1S/C14H14N6O2/c1-19(14-7-6-13-15-17-18-20(13)16-14)8-10-9-21-11-4-2-3-5-12(11)22-10/h2-7,10H,8-9H2,1H3. The molecule has 3 heterocycles. The highest BCUT2D eigenvalue weighted by atomic mass is 16.6. The van der Waals surface area contributed by atoms with Crippen molar-refractivity contribution in [2.24, 2.45) is 0 Å². The van der Waals surface area contributed by atoms with Crippen LogP contribution in [0, 0.1) is 0 Å². The summed E-state index contributed by atoms with van der Waals surface area (Å²) in [6.45, 7) is 1.16. The molecule has 1 unspecified atom stereocenters. The average Bonchev–Trinajstić information content (AvgIpc) is 3.02. The summed E-state index contributed by atoms with van der Waals surface area (Å²) < 4.78 is 13.1. The van der Waals surface area contributed by atoms with Gasteiger partial charge in [-0.05, 0) is 34.7 Å². The lowest BCUT2D eigenvalue weighted by atomic mass is 10.2. The summed E-state index contributed by atoms with van der Waals surface area (Å²) in [4.78, 5) is 1.99. The molecule has 0 saturated carbocycles. The van der Waals surface area contributed by atoms with Crippen LogP contribution in [0.15, 0.2) is 36.4 Å². The zero-order valence-electron chi connectivity index (χ0n) is 12.0. The Labute approximate surface area is 126 Å². The molecule has 112 valence electrons. The Morgan fingerprint density at radius 1 is 1.23 bits per heavy atom. The van der Waals surface area contributed by atoms with E-state index in [0.29, 0.717) is 18.8 Å². The van der Waals surface area contributed by atoms with Crippen LogP contribution in [-0.2, 0) is 0 Å². The largest absolute Gasteiger partial charge is 0.486 e. The summed E-state index contributed by atoms with van der Waals surface area (Å²) in [5, 5.41) is 15.6. The van der Waals surface area contributed by atoms with Gasteiger partial charge in [0.2, 0.25) is 0 Å². The van der Waals surface area contributed by atoms with E-state index >= 15 is 0 Å². The highest BCUT2D eigenvalue weighted by molar-refractivity contribution is 5.44. The van der Waals surface area contributed by atoms with E-state index in [2.05, 4.69) is 20.6 Å². The van der Waals surface area contributed by atoms with Gasteiger partial charge in [-0.25, -0.2) is 0 Å². The first kappa shape index (κ1) is 12.8. The van der Waals surface area contributed by atoms with Crippen LogP contribution in [0.25, 0.3) is 5.65 Å². The topological polar surface area (TPSA) is 77.7 Å². The molecule has 0 spiro atoms. The summed E-state index contributed by atoms with van der Waals surface area (Å²) >= 11 is 0.